The standard InChI is InChI=1S/C10H26N4/c1-4-13-9(14-5-2)7-6-8(3)10(11)12/h8-10,13-14H,4-7,11-12H2,1-3H3. The molecule has 0 spiro atoms. The highest BCUT2D eigenvalue weighted by Crippen LogP contribution is 2.07. The molecule has 0 amide bonds. The lowest BCUT2D eigenvalue weighted by Crippen LogP contribution is -2.43. The van der Waals surface area contributed by atoms with Crippen molar-refractivity contribution in [2.75, 3.05) is 13.1 Å². The molecule has 4 nitrogen and oxygen atoms in total. The summed E-state index contributed by atoms with van der Waals surface area (Å²) < 4.78 is 0. The van der Waals surface area contributed by atoms with Gasteiger partial charge in [-0.1, -0.05) is 20.8 Å². The van der Waals surface area contributed by atoms with Crippen molar-refractivity contribution >= 4 is 0 Å². The van der Waals surface area contributed by atoms with Crippen LogP contribution in [0.3, 0.4) is 0 Å². The van der Waals surface area contributed by atoms with E-state index in [-0.39, 0.29) is 6.17 Å². The maximum atomic E-state index is 5.61. The number of nitrogens with one attached hydrogen (secondary N) is 2. The molecule has 0 aromatic carbocycles. The molecule has 14 heavy (non-hydrogen) atoms. The summed E-state index contributed by atoms with van der Waals surface area (Å²) in [7, 11) is 0. The van der Waals surface area contributed by atoms with Crippen molar-refractivity contribution in [1.82, 2.24) is 10.6 Å². The molecule has 0 bridgehead atoms. The number of rotatable bonds is 8. The van der Waals surface area contributed by atoms with E-state index in [1.807, 2.05) is 0 Å². The lowest BCUT2D eigenvalue weighted by molar-refractivity contribution is 0.349. The zero-order valence-electron chi connectivity index (χ0n) is 9.72. The third kappa shape index (κ3) is 6.32. The summed E-state index contributed by atoms with van der Waals surface area (Å²) >= 11 is 0. The van der Waals surface area contributed by atoms with E-state index in [1.165, 1.54) is 0 Å². The van der Waals surface area contributed by atoms with Crippen LogP contribution >= 0.6 is 0 Å². The Morgan fingerprint density at radius 3 is 1.86 bits per heavy atom. The molecule has 0 saturated carbocycles. The first-order valence-corrected chi connectivity index (χ1v) is 5.59. The first kappa shape index (κ1) is 13.8. The van der Waals surface area contributed by atoms with E-state index in [4.69, 9.17) is 11.5 Å². The Labute approximate surface area is 87.8 Å². The van der Waals surface area contributed by atoms with Crippen LogP contribution in [0.2, 0.25) is 0 Å². The van der Waals surface area contributed by atoms with Crippen LogP contribution in [0.1, 0.15) is 33.6 Å². The summed E-state index contributed by atoms with van der Waals surface area (Å²) in [6.07, 6.45) is 2.33. The molecular formula is C10H26N4. The van der Waals surface area contributed by atoms with E-state index >= 15 is 0 Å². The monoisotopic (exact) mass is 202 g/mol. The zero-order valence-corrected chi connectivity index (χ0v) is 9.72. The molecule has 0 aliphatic heterocycles. The van der Waals surface area contributed by atoms with Crippen LogP contribution in [0.4, 0.5) is 0 Å². The highest BCUT2D eigenvalue weighted by atomic mass is 15.1. The summed E-state index contributed by atoms with van der Waals surface area (Å²) in [5.74, 6) is 0.384. The van der Waals surface area contributed by atoms with Gasteiger partial charge in [0.25, 0.3) is 0 Å². The molecule has 6 N–H and O–H groups in total. The van der Waals surface area contributed by atoms with Crippen molar-refractivity contribution in [3.8, 4) is 0 Å². The van der Waals surface area contributed by atoms with Gasteiger partial charge in [-0.2, -0.15) is 0 Å². The Bertz CT molecular complexity index is 121. The molecule has 1 unspecified atom stereocenters. The predicted molar refractivity (Wildman–Crippen MR) is 61.7 cm³/mol. The van der Waals surface area contributed by atoms with E-state index < -0.39 is 0 Å². The van der Waals surface area contributed by atoms with Gasteiger partial charge in [0.2, 0.25) is 0 Å². The fourth-order valence-corrected chi connectivity index (χ4v) is 1.39. The van der Waals surface area contributed by atoms with E-state index in [2.05, 4.69) is 31.4 Å². The maximum Gasteiger partial charge on any atom is 0.0571 e. The van der Waals surface area contributed by atoms with Crippen molar-refractivity contribution in [2.45, 2.75) is 45.9 Å². The smallest absolute Gasteiger partial charge is 0.0571 e. The van der Waals surface area contributed by atoms with Crippen molar-refractivity contribution in [2.24, 2.45) is 17.4 Å². The summed E-state index contributed by atoms with van der Waals surface area (Å²) in [6, 6.07) is 0. The molecule has 0 rings (SSSR count). The summed E-state index contributed by atoms with van der Waals surface area (Å²) in [5.41, 5.74) is 11.2. The SMILES string of the molecule is CCNC(CCC(C)C(N)N)NCC. The Kier molecular flexibility index (Phi) is 8.08. The first-order valence-electron chi connectivity index (χ1n) is 5.59. The van der Waals surface area contributed by atoms with Gasteiger partial charge in [0.05, 0.1) is 12.3 Å². The molecule has 4 heteroatoms. The van der Waals surface area contributed by atoms with E-state index in [9.17, 15) is 0 Å². The zero-order chi connectivity index (χ0) is 11.0. The van der Waals surface area contributed by atoms with Gasteiger partial charge >= 0.3 is 0 Å². The van der Waals surface area contributed by atoms with Gasteiger partial charge in [-0.15, -0.1) is 0 Å². The highest BCUT2D eigenvalue weighted by molar-refractivity contribution is 4.68. The lowest BCUT2D eigenvalue weighted by atomic mass is 10.0. The minimum atomic E-state index is -0.195. The van der Waals surface area contributed by atoms with Crippen molar-refractivity contribution in [1.29, 1.82) is 0 Å². The van der Waals surface area contributed by atoms with Crippen LogP contribution in [0.15, 0.2) is 0 Å². The Morgan fingerprint density at radius 1 is 1.00 bits per heavy atom. The topological polar surface area (TPSA) is 76.1 Å². The van der Waals surface area contributed by atoms with Crippen molar-refractivity contribution in [3.05, 3.63) is 0 Å². The molecule has 0 aromatic heterocycles. The Hall–Kier alpha value is -0.160. The van der Waals surface area contributed by atoms with Gasteiger partial charge in [-0.3, -0.25) is 0 Å². The number of hydrogen-bond donors (Lipinski definition) is 4. The molecule has 0 fully saturated rings. The van der Waals surface area contributed by atoms with Crippen LogP contribution in [0, 0.1) is 5.92 Å². The van der Waals surface area contributed by atoms with Gasteiger partial charge in [0.1, 0.15) is 0 Å². The third-order valence-electron chi connectivity index (χ3n) is 2.47. The normalized spacial score (nSPS) is 13.9. The number of hydrogen-bond acceptors (Lipinski definition) is 4. The van der Waals surface area contributed by atoms with E-state index in [0.717, 1.165) is 25.9 Å². The van der Waals surface area contributed by atoms with Crippen LogP contribution in [-0.4, -0.2) is 25.4 Å². The van der Waals surface area contributed by atoms with Crippen LogP contribution in [0.25, 0.3) is 0 Å². The Balaban J connectivity index is 3.68. The molecular weight excluding hydrogens is 176 g/mol. The van der Waals surface area contributed by atoms with Gasteiger partial charge in [-0.05, 0) is 31.8 Å². The second-order valence-corrected chi connectivity index (χ2v) is 3.80. The fraction of sp³-hybridized carbons (Fsp3) is 1.00. The fourth-order valence-electron chi connectivity index (χ4n) is 1.39. The minimum Gasteiger partial charge on any atom is -0.316 e. The molecule has 1 atom stereocenters. The molecule has 0 aromatic rings. The second-order valence-electron chi connectivity index (χ2n) is 3.80. The first-order chi connectivity index (χ1) is 6.61. The number of nitrogens with two attached hydrogens (primary N) is 2. The summed E-state index contributed by atoms with van der Waals surface area (Å²) in [6.45, 7) is 8.30. The van der Waals surface area contributed by atoms with Gasteiger partial charge in [0.15, 0.2) is 0 Å². The van der Waals surface area contributed by atoms with Gasteiger partial charge < -0.3 is 22.1 Å². The largest absolute Gasteiger partial charge is 0.316 e. The maximum absolute atomic E-state index is 5.61. The molecule has 0 heterocycles. The highest BCUT2D eigenvalue weighted by Gasteiger charge is 2.11. The summed E-state index contributed by atoms with van der Waals surface area (Å²) in [4.78, 5) is 0. The third-order valence-corrected chi connectivity index (χ3v) is 2.47. The van der Waals surface area contributed by atoms with Crippen LogP contribution in [0.5, 0.6) is 0 Å². The van der Waals surface area contributed by atoms with Gasteiger partial charge in [0, 0.05) is 0 Å². The minimum absolute atomic E-state index is 0.195. The lowest BCUT2D eigenvalue weighted by Gasteiger charge is -2.22. The van der Waals surface area contributed by atoms with Crippen molar-refractivity contribution in [3.63, 3.8) is 0 Å². The Morgan fingerprint density at radius 2 is 1.50 bits per heavy atom. The molecule has 0 radical (unpaired) electrons. The quantitative estimate of drug-likeness (QED) is 0.424. The van der Waals surface area contributed by atoms with Crippen molar-refractivity contribution < 1.29 is 0 Å². The average molecular weight is 202 g/mol. The molecule has 0 aliphatic carbocycles. The second kappa shape index (κ2) is 8.17. The predicted octanol–water partition coefficient (Wildman–Crippen LogP) is 0.191. The molecule has 0 aliphatic rings. The van der Waals surface area contributed by atoms with E-state index in [1.54, 1.807) is 0 Å². The van der Waals surface area contributed by atoms with E-state index in [0.29, 0.717) is 12.1 Å². The average Bonchev–Trinajstić information content (AvgIpc) is 2.14. The van der Waals surface area contributed by atoms with Crippen LogP contribution < -0.4 is 22.1 Å². The summed E-state index contributed by atoms with van der Waals surface area (Å²) in [5, 5.41) is 6.77. The van der Waals surface area contributed by atoms with Gasteiger partial charge in [-0.25, -0.2) is 0 Å². The molecule has 0 saturated heterocycles. The molecule has 86 valence electrons. The van der Waals surface area contributed by atoms with Crippen LogP contribution in [-0.2, 0) is 0 Å².